The molecular weight excluding hydrogens is 422 g/mol. The van der Waals surface area contributed by atoms with Crippen LogP contribution in [0.5, 0.6) is 5.75 Å². The second-order valence-corrected chi connectivity index (χ2v) is 7.79. The van der Waals surface area contributed by atoms with Crippen molar-refractivity contribution in [2.24, 2.45) is 4.99 Å². The van der Waals surface area contributed by atoms with Crippen molar-refractivity contribution in [3.8, 4) is 5.75 Å². The number of rotatable bonds is 5. The van der Waals surface area contributed by atoms with E-state index in [1.807, 2.05) is 91.0 Å². The molecule has 0 aliphatic carbocycles. The van der Waals surface area contributed by atoms with E-state index in [2.05, 4.69) is 4.99 Å². The van der Waals surface area contributed by atoms with Gasteiger partial charge in [0.25, 0.3) is 0 Å². The highest BCUT2D eigenvalue weighted by Crippen LogP contribution is 2.26. The molecule has 0 atom stereocenters. The lowest BCUT2D eigenvalue weighted by atomic mass is 10.1. The number of carbonyl (C=O) groups excluding carboxylic acids is 1. The molecule has 1 aliphatic rings. The van der Waals surface area contributed by atoms with Crippen LogP contribution >= 0.6 is 11.6 Å². The number of cyclic esters (lactones) is 1. The van der Waals surface area contributed by atoms with Crippen molar-refractivity contribution < 1.29 is 14.3 Å². The first-order valence-electron chi connectivity index (χ1n) is 10.1. The van der Waals surface area contributed by atoms with E-state index in [1.54, 1.807) is 6.08 Å². The normalized spacial score (nSPS) is 14.5. The Morgan fingerprint density at radius 1 is 0.875 bits per heavy atom. The van der Waals surface area contributed by atoms with Gasteiger partial charge in [-0.3, -0.25) is 0 Å². The number of halogens is 1. The zero-order valence-electron chi connectivity index (χ0n) is 17.0. The molecule has 0 fully saturated rings. The van der Waals surface area contributed by atoms with Crippen LogP contribution in [0.1, 0.15) is 16.7 Å². The van der Waals surface area contributed by atoms with Gasteiger partial charge < -0.3 is 9.47 Å². The van der Waals surface area contributed by atoms with Gasteiger partial charge in [0.1, 0.15) is 12.4 Å². The van der Waals surface area contributed by atoms with Crippen molar-refractivity contribution in [2.45, 2.75) is 6.61 Å². The third-order valence-corrected chi connectivity index (χ3v) is 5.39. The van der Waals surface area contributed by atoms with Crippen LogP contribution in [0.2, 0.25) is 5.02 Å². The number of fused-ring (bicyclic) bond motifs is 1. The minimum Gasteiger partial charge on any atom is -0.488 e. The number of ether oxygens (including phenoxy) is 2. The lowest BCUT2D eigenvalue weighted by Gasteiger charge is -2.09. The van der Waals surface area contributed by atoms with Gasteiger partial charge in [0.2, 0.25) is 5.90 Å². The minimum atomic E-state index is -0.485. The van der Waals surface area contributed by atoms with Crippen LogP contribution in [-0.4, -0.2) is 11.9 Å². The average Bonchev–Trinajstić information content (AvgIpc) is 3.19. The molecule has 0 aromatic heterocycles. The maximum atomic E-state index is 12.5. The smallest absolute Gasteiger partial charge is 0.363 e. The first kappa shape index (κ1) is 20.0. The summed E-state index contributed by atoms with van der Waals surface area (Å²) in [6.07, 6.45) is 1.69. The minimum absolute atomic E-state index is 0.232. The number of carbonyl (C=O) groups is 1. The highest BCUT2D eigenvalue weighted by molar-refractivity contribution is 6.30. The van der Waals surface area contributed by atoms with Crippen molar-refractivity contribution in [2.75, 3.05) is 0 Å². The zero-order chi connectivity index (χ0) is 21.9. The summed E-state index contributed by atoms with van der Waals surface area (Å²) in [5.41, 5.74) is 2.73. The van der Waals surface area contributed by atoms with E-state index >= 15 is 0 Å². The van der Waals surface area contributed by atoms with E-state index in [0.717, 1.165) is 27.5 Å². The molecule has 0 amide bonds. The molecule has 0 saturated heterocycles. The molecule has 4 aromatic rings. The maximum absolute atomic E-state index is 12.5. The monoisotopic (exact) mass is 439 g/mol. The van der Waals surface area contributed by atoms with Crippen molar-refractivity contribution in [3.05, 3.63) is 118 Å². The molecule has 4 nitrogen and oxygen atoms in total. The second kappa shape index (κ2) is 8.69. The maximum Gasteiger partial charge on any atom is 0.363 e. The Morgan fingerprint density at radius 2 is 1.62 bits per heavy atom. The molecule has 1 heterocycles. The molecule has 5 heteroatoms. The molecule has 5 rings (SSSR count). The van der Waals surface area contributed by atoms with Crippen LogP contribution < -0.4 is 4.74 Å². The van der Waals surface area contributed by atoms with E-state index < -0.39 is 5.97 Å². The summed E-state index contributed by atoms with van der Waals surface area (Å²) < 4.78 is 11.4. The quantitative estimate of drug-likeness (QED) is 0.266. The Balaban J connectivity index is 1.41. The van der Waals surface area contributed by atoms with Gasteiger partial charge in [-0.05, 0) is 52.7 Å². The van der Waals surface area contributed by atoms with Gasteiger partial charge in [0.15, 0.2) is 5.70 Å². The largest absolute Gasteiger partial charge is 0.488 e. The summed E-state index contributed by atoms with van der Waals surface area (Å²) in [5, 5.41) is 2.85. The third kappa shape index (κ3) is 4.27. The van der Waals surface area contributed by atoms with Crippen molar-refractivity contribution >= 4 is 40.3 Å². The Bertz CT molecular complexity index is 1370. The van der Waals surface area contributed by atoms with Gasteiger partial charge in [-0.1, -0.05) is 72.3 Å². The number of aliphatic imine (C=N–C) groups is 1. The first-order chi connectivity index (χ1) is 15.7. The van der Waals surface area contributed by atoms with Crippen LogP contribution in [0.25, 0.3) is 16.8 Å². The molecule has 156 valence electrons. The third-order valence-electron chi connectivity index (χ3n) is 5.14. The molecule has 32 heavy (non-hydrogen) atoms. The summed E-state index contributed by atoms with van der Waals surface area (Å²) in [6.45, 7) is 0.382. The molecule has 0 spiro atoms. The molecule has 1 aliphatic heterocycles. The molecule has 0 unspecified atom stereocenters. The number of nitrogens with zero attached hydrogens (tertiary/aromatic N) is 1. The fraction of sp³-hybridized carbons (Fsp3) is 0.0370. The first-order valence-corrected chi connectivity index (χ1v) is 10.5. The van der Waals surface area contributed by atoms with Crippen LogP contribution in [0, 0.1) is 0 Å². The molecular formula is C27H18ClNO3. The van der Waals surface area contributed by atoms with Gasteiger partial charge in [0.05, 0.1) is 0 Å². The topological polar surface area (TPSA) is 47.9 Å². The summed E-state index contributed by atoms with van der Waals surface area (Å²) in [7, 11) is 0. The molecule has 0 radical (unpaired) electrons. The summed E-state index contributed by atoms with van der Waals surface area (Å²) in [4.78, 5) is 16.9. The summed E-state index contributed by atoms with van der Waals surface area (Å²) >= 11 is 5.94. The number of hydrogen-bond donors (Lipinski definition) is 0. The molecule has 0 bridgehead atoms. The standard InChI is InChI=1S/C27H18ClNO3/c28-23-13-9-18(10-14-23)17-31-25-8-4-3-7-21(25)16-24-27(30)32-26(29-24)22-12-11-19-5-1-2-6-20(19)15-22/h1-16H,17H2/b24-16-. The number of benzene rings is 4. The number of esters is 1. The van der Waals surface area contributed by atoms with Crippen LogP contribution in [0.15, 0.2) is 102 Å². The van der Waals surface area contributed by atoms with Crippen molar-refractivity contribution in [1.82, 2.24) is 0 Å². The SMILES string of the molecule is O=C1OC(c2ccc3ccccc3c2)=N/C1=C\c1ccccc1OCc1ccc(Cl)cc1. The highest BCUT2D eigenvalue weighted by atomic mass is 35.5. The van der Waals surface area contributed by atoms with Crippen molar-refractivity contribution in [3.63, 3.8) is 0 Å². The van der Waals surface area contributed by atoms with Gasteiger partial charge in [-0.15, -0.1) is 0 Å². The lowest BCUT2D eigenvalue weighted by molar-refractivity contribution is -0.129. The molecule has 0 saturated carbocycles. The average molecular weight is 440 g/mol. The van der Waals surface area contributed by atoms with E-state index in [4.69, 9.17) is 21.1 Å². The van der Waals surface area contributed by atoms with Gasteiger partial charge in [-0.25, -0.2) is 9.79 Å². The van der Waals surface area contributed by atoms with Crippen LogP contribution in [-0.2, 0) is 16.1 Å². The van der Waals surface area contributed by atoms with Gasteiger partial charge >= 0.3 is 5.97 Å². The fourth-order valence-electron chi connectivity index (χ4n) is 3.48. The highest BCUT2D eigenvalue weighted by Gasteiger charge is 2.24. The summed E-state index contributed by atoms with van der Waals surface area (Å²) in [6, 6.07) is 28.9. The Hall–Kier alpha value is -3.89. The fourth-order valence-corrected chi connectivity index (χ4v) is 3.60. The summed E-state index contributed by atoms with van der Waals surface area (Å²) in [5.74, 6) is 0.462. The van der Waals surface area contributed by atoms with Crippen LogP contribution in [0.4, 0.5) is 0 Å². The van der Waals surface area contributed by atoms with Crippen molar-refractivity contribution in [1.29, 1.82) is 0 Å². The predicted octanol–water partition coefficient (Wildman–Crippen LogP) is 6.42. The Morgan fingerprint density at radius 3 is 2.47 bits per heavy atom. The van der Waals surface area contributed by atoms with Crippen LogP contribution in [0.3, 0.4) is 0 Å². The molecule has 4 aromatic carbocycles. The molecule has 0 N–H and O–H groups in total. The number of para-hydroxylation sites is 1. The van der Waals surface area contributed by atoms with E-state index in [-0.39, 0.29) is 5.70 Å². The Labute approximate surface area is 190 Å². The van der Waals surface area contributed by atoms with E-state index in [0.29, 0.717) is 23.3 Å². The second-order valence-electron chi connectivity index (χ2n) is 7.35. The Kier molecular flexibility index (Phi) is 5.44. The van der Waals surface area contributed by atoms with E-state index in [1.165, 1.54) is 0 Å². The van der Waals surface area contributed by atoms with Gasteiger partial charge in [0, 0.05) is 16.1 Å². The zero-order valence-corrected chi connectivity index (χ0v) is 17.8. The van der Waals surface area contributed by atoms with E-state index in [9.17, 15) is 4.79 Å². The van der Waals surface area contributed by atoms with Gasteiger partial charge in [-0.2, -0.15) is 0 Å². The predicted molar refractivity (Wildman–Crippen MR) is 127 cm³/mol. The lowest BCUT2D eigenvalue weighted by Crippen LogP contribution is -2.05. The number of hydrogen-bond acceptors (Lipinski definition) is 4.